The summed E-state index contributed by atoms with van der Waals surface area (Å²) in [6, 6.07) is 14.9. The molecule has 0 radical (unpaired) electrons. The van der Waals surface area contributed by atoms with Crippen LogP contribution < -0.4 is 15.4 Å². The van der Waals surface area contributed by atoms with E-state index in [1.807, 2.05) is 24.3 Å². The monoisotopic (exact) mass is 452 g/mol. The van der Waals surface area contributed by atoms with Crippen molar-refractivity contribution in [3.63, 3.8) is 0 Å². The summed E-state index contributed by atoms with van der Waals surface area (Å²) in [6.07, 6.45) is 2.07. The van der Waals surface area contributed by atoms with Crippen molar-refractivity contribution in [2.75, 3.05) is 51.2 Å². The largest absolute Gasteiger partial charge is 0.494 e. The van der Waals surface area contributed by atoms with Crippen LogP contribution in [0.2, 0.25) is 0 Å². The number of anilines is 1. The summed E-state index contributed by atoms with van der Waals surface area (Å²) in [7, 11) is 0. The first-order chi connectivity index (χ1) is 16.1. The van der Waals surface area contributed by atoms with Crippen molar-refractivity contribution in [2.24, 2.45) is 0 Å². The molecule has 0 bridgehead atoms. The Kier molecular flexibility index (Phi) is 9.72. The van der Waals surface area contributed by atoms with E-state index in [4.69, 9.17) is 4.74 Å². The molecule has 2 N–H and O–H groups in total. The van der Waals surface area contributed by atoms with Gasteiger partial charge in [0.15, 0.2) is 0 Å². The molecule has 1 fully saturated rings. The third kappa shape index (κ3) is 8.18. The standard InChI is InChI=1S/C26H36N4O3/c1-3-5-18-33-24-12-8-22(9-13-24)26(32)27-19-25(31)28-23-10-6-21(7-11-23)20-30-16-14-29(4-2)15-17-30/h6-13H,3-5,14-20H2,1-2H3,(H,27,32)(H,28,31). The van der Waals surface area contributed by atoms with Gasteiger partial charge in [-0.3, -0.25) is 14.5 Å². The van der Waals surface area contributed by atoms with E-state index in [1.165, 1.54) is 5.56 Å². The topological polar surface area (TPSA) is 73.9 Å². The Morgan fingerprint density at radius 3 is 2.21 bits per heavy atom. The van der Waals surface area contributed by atoms with Crippen LogP contribution in [0.25, 0.3) is 0 Å². The number of amides is 2. The highest BCUT2D eigenvalue weighted by atomic mass is 16.5. The summed E-state index contributed by atoms with van der Waals surface area (Å²) in [4.78, 5) is 29.5. The minimum Gasteiger partial charge on any atom is -0.494 e. The van der Waals surface area contributed by atoms with Crippen molar-refractivity contribution in [3.8, 4) is 5.75 Å². The summed E-state index contributed by atoms with van der Waals surface area (Å²) in [5.74, 6) is 0.194. The number of likely N-dealkylation sites (N-methyl/N-ethyl adjacent to an activating group) is 1. The third-order valence-corrected chi connectivity index (χ3v) is 5.85. The molecule has 1 aliphatic heterocycles. The molecule has 0 spiro atoms. The molecule has 7 nitrogen and oxygen atoms in total. The number of rotatable bonds is 11. The summed E-state index contributed by atoms with van der Waals surface area (Å²) < 4.78 is 5.61. The molecule has 0 unspecified atom stereocenters. The second-order valence-electron chi connectivity index (χ2n) is 8.36. The molecular formula is C26H36N4O3. The van der Waals surface area contributed by atoms with E-state index in [-0.39, 0.29) is 18.4 Å². The molecule has 0 saturated carbocycles. The quantitative estimate of drug-likeness (QED) is 0.512. The van der Waals surface area contributed by atoms with Gasteiger partial charge in [-0.1, -0.05) is 32.4 Å². The number of nitrogens with one attached hydrogen (secondary N) is 2. The van der Waals surface area contributed by atoms with E-state index < -0.39 is 0 Å². The van der Waals surface area contributed by atoms with Crippen LogP contribution in [0.15, 0.2) is 48.5 Å². The minimum atomic E-state index is -0.288. The number of hydrogen-bond donors (Lipinski definition) is 2. The summed E-state index contributed by atoms with van der Waals surface area (Å²) >= 11 is 0. The summed E-state index contributed by atoms with van der Waals surface area (Å²) in [5, 5.41) is 5.50. The molecule has 178 valence electrons. The van der Waals surface area contributed by atoms with Crippen molar-refractivity contribution < 1.29 is 14.3 Å². The Bertz CT molecular complexity index is 875. The number of carbonyl (C=O) groups excluding carboxylic acids is 2. The number of benzene rings is 2. The van der Waals surface area contributed by atoms with Crippen LogP contribution in [-0.2, 0) is 11.3 Å². The number of nitrogens with zero attached hydrogens (tertiary/aromatic N) is 2. The molecular weight excluding hydrogens is 416 g/mol. The van der Waals surface area contributed by atoms with Crippen molar-refractivity contribution in [2.45, 2.75) is 33.2 Å². The van der Waals surface area contributed by atoms with Gasteiger partial charge in [0.1, 0.15) is 5.75 Å². The predicted octanol–water partition coefficient (Wildman–Crippen LogP) is 3.37. The van der Waals surface area contributed by atoms with Gasteiger partial charge in [0.25, 0.3) is 5.91 Å². The first kappa shape index (κ1) is 24.7. The maximum Gasteiger partial charge on any atom is 0.251 e. The third-order valence-electron chi connectivity index (χ3n) is 5.85. The fourth-order valence-corrected chi connectivity index (χ4v) is 3.72. The van der Waals surface area contributed by atoms with Crippen LogP contribution in [0.3, 0.4) is 0 Å². The first-order valence-electron chi connectivity index (χ1n) is 11.9. The highest BCUT2D eigenvalue weighted by Gasteiger charge is 2.15. The lowest BCUT2D eigenvalue weighted by Crippen LogP contribution is -2.45. The van der Waals surface area contributed by atoms with Gasteiger partial charge in [-0.15, -0.1) is 0 Å². The number of ether oxygens (including phenoxy) is 1. The van der Waals surface area contributed by atoms with Gasteiger partial charge < -0.3 is 20.3 Å². The van der Waals surface area contributed by atoms with Crippen molar-refractivity contribution in [1.82, 2.24) is 15.1 Å². The smallest absolute Gasteiger partial charge is 0.251 e. The minimum absolute atomic E-state index is 0.0863. The Morgan fingerprint density at radius 1 is 0.909 bits per heavy atom. The van der Waals surface area contributed by atoms with Gasteiger partial charge in [0.05, 0.1) is 13.2 Å². The maximum atomic E-state index is 12.3. The lowest BCUT2D eigenvalue weighted by Gasteiger charge is -2.34. The molecule has 1 aliphatic rings. The zero-order valence-electron chi connectivity index (χ0n) is 19.8. The zero-order valence-corrected chi connectivity index (χ0v) is 19.8. The van der Waals surface area contributed by atoms with E-state index in [9.17, 15) is 9.59 Å². The molecule has 7 heteroatoms. The van der Waals surface area contributed by atoms with E-state index in [0.29, 0.717) is 12.2 Å². The highest BCUT2D eigenvalue weighted by Crippen LogP contribution is 2.14. The maximum absolute atomic E-state index is 12.3. The van der Waals surface area contributed by atoms with E-state index in [0.717, 1.165) is 63.5 Å². The normalized spacial score (nSPS) is 14.6. The Labute approximate surface area is 197 Å². The van der Waals surface area contributed by atoms with Crippen LogP contribution in [-0.4, -0.2) is 67.5 Å². The molecule has 0 aromatic heterocycles. The van der Waals surface area contributed by atoms with Gasteiger partial charge >= 0.3 is 0 Å². The van der Waals surface area contributed by atoms with Crippen LogP contribution >= 0.6 is 0 Å². The number of hydrogen-bond acceptors (Lipinski definition) is 5. The molecule has 2 aromatic rings. The van der Waals surface area contributed by atoms with Gasteiger partial charge in [-0.2, -0.15) is 0 Å². The molecule has 1 heterocycles. The van der Waals surface area contributed by atoms with Crippen LogP contribution in [0.1, 0.15) is 42.6 Å². The van der Waals surface area contributed by atoms with Crippen LogP contribution in [0.5, 0.6) is 5.75 Å². The van der Waals surface area contributed by atoms with Gasteiger partial charge in [-0.05, 0) is 54.9 Å². The fraction of sp³-hybridized carbons (Fsp3) is 0.462. The van der Waals surface area contributed by atoms with Crippen molar-refractivity contribution in [1.29, 1.82) is 0 Å². The molecule has 3 rings (SSSR count). The van der Waals surface area contributed by atoms with Gasteiger partial charge in [0.2, 0.25) is 5.91 Å². The molecule has 0 aliphatic carbocycles. The zero-order chi connectivity index (χ0) is 23.5. The lowest BCUT2D eigenvalue weighted by molar-refractivity contribution is -0.115. The van der Waals surface area contributed by atoms with Crippen molar-refractivity contribution >= 4 is 17.5 Å². The second kappa shape index (κ2) is 13.0. The summed E-state index contributed by atoms with van der Waals surface area (Å²) in [6.45, 7) is 11.3. The SMILES string of the molecule is CCCCOc1ccc(C(=O)NCC(=O)Nc2ccc(CN3CCN(CC)CC3)cc2)cc1. The number of carbonyl (C=O) groups is 2. The van der Waals surface area contributed by atoms with Crippen molar-refractivity contribution in [3.05, 3.63) is 59.7 Å². The van der Waals surface area contributed by atoms with Crippen LogP contribution in [0.4, 0.5) is 5.69 Å². The Hall–Kier alpha value is -2.90. The average molecular weight is 453 g/mol. The highest BCUT2D eigenvalue weighted by molar-refractivity contribution is 5.99. The van der Waals surface area contributed by atoms with Gasteiger partial charge in [-0.25, -0.2) is 0 Å². The lowest BCUT2D eigenvalue weighted by atomic mass is 10.1. The Morgan fingerprint density at radius 2 is 1.58 bits per heavy atom. The molecule has 2 aromatic carbocycles. The fourth-order valence-electron chi connectivity index (χ4n) is 3.72. The number of piperazine rings is 1. The van der Waals surface area contributed by atoms with Gasteiger partial charge in [0, 0.05) is 44.0 Å². The van der Waals surface area contributed by atoms with E-state index >= 15 is 0 Å². The van der Waals surface area contributed by atoms with E-state index in [1.54, 1.807) is 24.3 Å². The first-order valence-corrected chi connectivity index (χ1v) is 11.9. The predicted molar refractivity (Wildman–Crippen MR) is 132 cm³/mol. The molecule has 33 heavy (non-hydrogen) atoms. The molecule has 0 atom stereocenters. The van der Waals surface area contributed by atoms with E-state index in [2.05, 4.69) is 34.3 Å². The molecule has 2 amide bonds. The molecule has 1 saturated heterocycles. The average Bonchev–Trinajstić information content (AvgIpc) is 2.85. The second-order valence-corrected chi connectivity index (χ2v) is 8.36. The Balaban J connectivity index is 1.39. The van der Waals surface area contributed by atoms with Crippen LogP contribution in [0, 0.1) is 0 Å². The number of unbranched alkanes of at least 4 members (excludes halogenated alkanes) is 1. The summed E-state index contributed by atoms with van der Waals surface area (Å²) in [5.41, 5.74) is 2.45.